The molecule has 26 heavy (non-hydrogen) atoms. The number of hydrogen-bond acceptors (Lipinski definition) is 3. The standard InChI is InChI=1S/C20H21FN2O3/c1-12-6-14(12)9-18(24)15-8-17(19(25)22-2)20(26)23(11-15)10-13-4-3-5-16(21)7-13/h3-5,7-8,11-12,14H,6,9-10H2,1-2H3,(H,22,25)/t12-,14+/m1/s1. The van der Waals surface area contributed by atoms with E-state index < -0.39 is 17.3 Å². The Morgan fingerprint density at radius 3 is 2.65 bits per heavy atom. The average molecular weight is 356 g/mol. The van der Waals surface area contributed by atoms with Crippen molar-refractivity contribution in [2.24, 2.45) is 11.8 Å². The summed E-state index contributed by atoms with van der Waals surface area (Å²) in [6.07, 6.45) is 2.90. The first-order chi connectivity index (χ1) is 12.4. The fourth-order valence-electron chi connectivity index (χ4n) is 3.07. The molecule has 1 heterocycles. The molecule has 1 aromatic carbocycles. The van der Waals surface area contributed by atoms with Crippen LogP contribution >= 0.6 is 0 Å². The molecular formula is C20H21FN2O3. The van der Waals surface area contributed by atoms with Gasteiger partial charge in [-0.05, 0) is 42.0 Å². The number of amides is 1. The van der Waals surface area contributed by atoms with Gasteiger partial charge < -0.3 is 9.88 Å². The van der Waals surface area contributed by atoms with Gasteiger partial charge in [-0.2, -0.15) is 0 Å². The summed E-state index contributed by atoms with van der Waals surface area (Å²) in [7, 11) is 1.43. The molecule has 0 spiro atoms. The number of ketones is 1. The molecule has 0 aliphatic heterocycles. The molecule has 0 unspecified atom stereocenters. The number of nitrogens with one attached hydrogen (secondary N) is 1. The van der Waals surface area contributed by atoms with Gasteiger partial charge in [0.2, 0.25) is 0 Å². The summed E-state index contributed by atoms with van der Waals surface area (Å²) in [4.78, 5) is 37.2. The fraction of sp³-hybridized carbons (Fsp3) is 0.350. The molecule has 1 aliphatic carbocycles. The number of hydrogen-bond donors (Lipinski definition) is 1. The molecule has 1 aromatic heterocycles. The van der Waals surface area contributed by atoms with Crippen LogP contribution in [0.15, 0.2) is 41.3 Å². The molecule has 1 fully saturated rings. The van der Waals surface area contributed by atoms with E-state index in [1.165, 1.54) is 36.0 Å². The van der Waals surface area contributed by atoms with E-state index in [1.54, 1.807) is 12.1 Å². The topological polar surface area (TPSA) is 68.2 Å². The summed E-state index contributed by atoms with van der Waals surface area (Å²) in [5.74, 6) is -0.128. The SMILES string of the molecule is CNC(=O)c1cc(C(=O)C[C@@H]2C[C@H]2C)cn(Cc2cccc(F)c2)c1=O. The Bertz CT molecular complexity index is 920. The maximum absolute atomic E-state index is 13.4. The third kappa shape index (κ3) is 3.90. The Labute approximate surface area is 150 Å². The molecule has 0 radical (unpaired) electrons. The predicted octanol–water partition coefficient (Wildman–Crippen LogP) is 2.62. The monoisotopic (exact) mass is 356 g/mol. The summed E-state index contributed by atoms with van der Waals surface area (Å²) >= 11 is 0. The molecule has 1 amide bonds. The lowest BCUT2D eigenvalue weighted by Gasteiger charge is -2.11. The number of aromatic nitrogens is 1. The second-order valence-electron chi connectivity index (χ2n) is 6.88. The van der Waals surface area contributed by atoms with Crippen LogP contribution in [0.2, 0.25) is 0 Å². The molecule has 2 atom stereocenters. The number of halogens is 1. The summed E-state index contributed by atoms with van der Waals surface area (Å²) < 4.78 is 14.7. The second-order valence-corrected chi connectivity index (χ2v) is 6.88. The highest BCUT2D eigenvalue weighted by Crippen LogP contribution is 2.41. The van der Waals surface area contributed by atoms with Gasteiger partial charge in [0.05, 0.1) is 6.54 Å². The summed E-state index contributed by atoms with van der Waals surface area (Å²) in [6.45, 7) is 2.18. The van der Waals surface area contributed by atoms with Gasteiger partial charge in [-0.1, -0.05) is 19.1 Å². The van der Waals surface area contributed by atoms with Crippen LogP contribution in [0.5, 0.6) is 0 Å². The Morgan fingerprint density at radius 2 is 2.04 bits per heavy atom. The zero-order valence-corrected chi connectivity index (χ0v) is 14.8. The van der Waals surface area contributed by atoms with Gasteiger partial charge in [0.25, 0.3) is 11.5 Å². The number of nitrogens with zero attached hydrogens (tertiary/aromatic N) is 1. The van der Waals surface area contributed by atoms with Crippen molar-refractivity contribution >= 4 is 11.7 Å². The molecule has 5 nitrogen and oxygen atoms in total. The van der Waals surface area contributed by atoms with Gasteiger partial charge in [-0.15, -0.1) is 0 Å². The largest absolute Gasteiger partial charge is 0.355 e. The maximum atomic E-state index is 13.4. The van der Waals surface area contributed by atoms with Gasteiger partial charge in [0.1, 0.15) is 11.4 Å². The van der Waals surface area contributed by atoms with Crippen molar-refractivity contribution < 1.29 is 14.0 Å². The lowest BCUT2D eigenvalue weighted by molar-refractivity contribution is 0.0961. The highest BCUT2D eigenvalue weighted by atomic mass is 19.1. The quantitative estimate of drug-likeness (QED) is 0.809. The van der Waals surface area contributed by atoms with Crippen molar-refractivity contribution in [3.8, 4) is 0 Å². The predicted molar refractivity (Wildman–Crippen MR) is 95.8 cm³/mol. The van der Waals surface area contributed by atoms with Gasteiger partial charge >= 0.3 is 0 Å². The smallest absolute Gasteiger partial charge is 0.263 e. The zero-order valence-electron chi connectivity index (χ0n) is 14.8. The minimum atomic E-state index is -0.544. The highest BCUT2D eigenvalue weighted by Gasteiger charge is 2.34. The van der Waals surface area contributed by atoms with Crippen LogP contribution in [-0.4, -0.2) is 23.3 Å². The number of carbonyl (C=O) groups excluding carboxylic acids is 2. The number of carbonyl (C=O) groups is 2. The van der Waals surface area contributed by atoms with Crippen LogP contribution in [0.3, 0.4) is 0 Å². The third-order valence-electron chi connectivity index (χ3n) is 4.85. The average Bonchev–Trinajstić information content (AvgIpc) is 3.30. The van der Waals surface area contributed by atoms with E-state index in [0.29, 0.717) is 29.4 Å². The number of pyridine rings is 1. The van der Waals surface area contributed by atoms with E-state index in [0.717, 1.165) is 6.42 Å². The minimum Gasteiger partial charge on any atom is -0.355 e. The summed E-state index contributed by atoms with van der Waals surface area (Å²) in [6, 6.07) is 7.25. The Balaban J connectivity index is 1.98. The first-order valence-electron chi connectivity index (χ1n) is 8.63. The minimum absolute atomic E-state index is 0.0846. The molecule has 6 heteroatoms. The van der Waals surface area contributed by atoms with Crippen molar-refractivity contribution in [3.63, 3.8) is 0 Å². The first-order valence-corrected chi connectivity index (χ1v) is 8.63. The number of Topliss-reactive ketones (excluding diaryl/α,β-unsaturated/α-hetero) is 1. The summed E-state index contributed by atoms with van der Waals surface area (Å²) in [5.41, 5.74) is 0.317. The van der Waals surface area contributed by atoms with Gasteiger partial charge in [0.15, 0.2) is 5.78 Å². The van der Waals surface area contributed by atoms with E-state index in [-0.39, 0.29) is 17.9 Å². The fourth-order valence-corrected chi connectivity index (χ4v) is 3.07. The van der Waals surface area contributed by atoms with E-state index in [1.807, 2.05) is 0 Å². The highest BCUT2D eigenvalue weighted by molar-refractivity contribution is 6.00. The van der Waals surface area contributed by atoms with Crippen LogP contribution in [-0.2, 0) is 6.54 Å². The van der Waals surface area contributed by atoms with E-state index in [9.17, 15) is 18.8 Å². The van der Waals surface area contributed by atoms with Crippen molar-refractivity contribution in [2.45, 2.75) is 26.3 Å². The van der Waals surface area contributed by atoms with E-state index in [2.05, 4.69) is 12.2 Å². The van der Waals surface area contributed by atoms with Crippen LogP contribution in [0, 0.1) is 17.7 Å². The molecule has 3 rings (SSSR count). The van der Waals surface area contributed by atoms with Crippen LogP contribution < -0.4 is 10.9 Å². The molecule has 0 bridgehead atoms. The maximum Gasteiger partial charge on any atom is 0.263 e. The lowest BCUT2D eigenvalue weighted by atomic mass is 10.0. The lowest BCUT2D eigenvalue weighted by Crippen LogP contribution is -2.32. The zero-order chi connectivity index (χ0) is 18.8. The van der Waals surface area contributed by atoms with Crippen molar-refractivity contribution in [3.05, 3.63) is 69.4 Å². The van der Waals surface area contributed by atoms with Gasteiger partial charge in [-0.25, -0.2) is 4.39 Å². The van der Waals surface area contributed by atoms with Crippen molar-refractivity contribution in [1.29, 1.82) is 0 Å². The Kier molecular flexibility index (Phi) is 5.02. The molecule has 0 saturated heterocycles. The third-order valence-corrected chi connectivity index (χ3v) is 4.85. The van der Waals surface area contributed by atoms with Crippen LogP contribution in [0.25, 0.3) is 0 Å². The van der Waals surface area contributed by atoms with E-state index in [4.69, 9.17) is 0 Å². The van der Waals surface area contributed by atoms with Crippen LogP contribution in [0.1, 0.15) is 46.0 Å². The molecule has 1 saturated carbocycles. The Morgan fingerprint density at radius 1 is 1.31 bits per heavy atom. The van der Waals surface area contributed by atoms with Gasteiger partial charge in [0, 0.05) is 25.2 Å². The van der Waals surface area contributed by atoms with Crippen molar-refractivity contribution in [2.75, 3.05) is 7.05 Å². The molecular weight excluding hydrogens is 335 g/mol. The molecule has 1 aliphatic rings. The van der Waals surface area contributed by atoms with Crippen molar-refractivity contribution in [1.82, 2.24) is 9.88 Å². The summed E-state index contributed by atoms with van der Waals surface area (Å²) in [5, 5.41) is 2.43. The van der Waals surface area contributed by atoms with E-state index >= 15 is 0 Å². The molecule has 136 valence electrons. The first kappa shape index (κ1) is 18.0. The molecule has 1 N–H and O–H groups in total. The molecule has 2 aromatic rings. The Hall–Kier alpha value is -2.76. The second kappa shape index (κ2) is 7.23. The van der Waals surface area contributed by atoms with Gasteiger partial charge in [-0.3, -0.25) is 14.4 Å². The number of benzene rings is 1. The normalized spacial score (nSPS) is 18.4. The van der Waals surface area contributed by atoms with Crippen LogP contribution in [0.4, 0.5) is 4.39 Å². The number of rotatable bonds is 6.